The zero-order chi connectivity index (χ0) is 19.1. The highest BCUT2D eigenvalue weighted by Crippen LogP contribution is 2.15. The molecule has 26 heavy (non-hydrogen) atoms. The van der Waals surface area contributed by atoms with E-state index in [1.807, 2.05) is 52.1 Å². The smallest absolute Gasteiger partial charge is 0.136 e. The average Bonchev–Trinajstić information content (AvgIpc) is 2.63. The van der Waals surface area contributed by atoms with Crippen LogP contribution in [0.25, 0.3) is 0 Å². The molecule has 2 rings (SSSR count). The number of pyridine rings is 1. The molecule has 0 bridgehead atoms. The fraction of sp³-hybridized carbons (Fsp3) is 0.381. The molecule has 5 heteroatoms. The number of piperidine rings is 1. The van der Waals surface area contributed by atoms with Crippen LogP contribution in [0.2, 0.25) is 0 Å². The number of ketones is 1. The summed E-state index contributed by atoms with van der Waals surface area (Å²) in [6, 6.07) is 3.93. The Morgan fingerprint density at radius 2 is 2.04 bits per heavy atom. The molecule has 1 aromatic heterocycles. The lowest BCUT2D eigenvalue weighted by atomic mass is 10.1. The predicted molar refractivity (Wildman–Crippen MR) is 107 cm³/mol. The number of hydrogen-bond donors (Lipinski definition) is 0. The lowest BCUT2D eigenvalue weighted by molar-refractivity contribution is -0.121. The number of hydrogen-bond acceptors (Lipinski definition) is 5. The molecule has 1 fully saturated rings. The number of carbonyl (C=O) groups excluding carboxylic acids is 1. The third-order valence-electron chi connectivity index (χ3n) is 4.54. The molecule has 0 N–H and O–H groups in total. The van der Waals surface area contributed by atoms with Crippen LogP contribution in [0.5, 0.6) is 0 Å². The van der Waals surface area contributed by atoms with Gasteiger partial charge in [-0.05, 0) is 45.1 Å². The molecule has 2 heterocycles. The Morgan fingerprint density at radius 1 is 1.35 bits per heavy atom. The van der Waals surface area contributed by atoms with Crippen LogP contribution in [0.4, 0.5) is 0 Å². The Hall–Kier alpha value is -2.69. The second-order valence-electron chi connectivity index (χ2n) is 6.41. The van der Waals surface area contributed by atoms with Crippen molar-refractivity contribution in [1.29, 1.82) is 0 Å². The highest BCUT2D eigenvalue weighted by molar-refractivity contribution is 5.99. The first-order valence-electron chi connectivity index (χ1n) is 8.93. The first kappa shape index (κ1) is 19.6. The molecule has 1 aliphatic heterocycles. The second kappa shape index (κ2) is 9.13. The maximum Gasteiger partial charge on any atom is 0.136 e. The van der Waals surface area contributed by atoms with Gasteiger partial charge < -0.3 is 4.90 Å². The van der Waals surface area contributed by atoms with Crippen molar-refractivity contribution < 1.29 is 4.79 Å². The maximum absolute atomic E-state index is 11.4. The van der Waals surface area contributed by atoms with Crippen LogP contribution in [0, 0.1) is 6.92 Å². The molecule has 1 saturated heterocycles. The van der Waals surface area contributed by atoms with E-state index in [1.54, 1.807) is 11.2 Å². The summed E-state index contributed by atoms with van der Waals surface area (Å²) in [4.78, 5) is 18.0. The molecule has 0 aromatic carbocycles. The summed E-state index contributed by atoms with van der Waals surface area (Å²) in [6.07, 6.45) is 9.09. The Bertz CT molecular complexity index is 751. The van der Waals surface area contributed by atoms with Crippen LogP contribution in [-0.2, 0) is 4.79 Å². The van der Waals surface area contributed by atoms with E-state index in [1.165, 1.54) is 0 Å². The average molecular weight is 352 g/mol. The zero-order valence-electron chi connectivity index (χ0n) is 16.2. The van der Waals surface area contributed by atoms with E-state index in [0.29, 0.717) is 18.6 Å². The minimum atomic E-state index is 0.348. The molecule has 5 nitrogen and oxygen atoms in total. The van der Waals surface area contributed by atoms with Crippen LogP contribution >= 0.6 is 0 Å². The number of hydrazone groups is 1. The molecule has 0 atom stereocenters. The van der Waals surface area contributed by atoms with Crippen LogP contribution < -0.4 is 0 Å². The molecular weight excluding hydrogens is 324 g/mol. The van der Waals surface area contributed by atoms with Gasteiger partial charge in [-0.25, -0.2) is 0 Å². The van der Waals surface area contributed by atoms with Crippen molar-refractivity contribution in [3.05, 3.63) is 65.8 Å². The third-order valence-corrected chi connectivity index (χ3v) is 4.54. The highest BCUT2D eigenvalue weighted by Gasteiger charge is 2.16. The van der Waals surface area contributed by atoms with Gasteiger partial charge >= 0.3 is 0 Å². The van der Waals surface area contributed by atoms with Crippen LogP contribution in [0.3, 0.4) is 0 Å². The number of carbonyl (C=O) groups is 1. The lowest BCUT2D eigenvalue weighted by Gasteiger charge is -2.29. The normalized spacial score (nSPS) is 16.3. The number of aromatic nitrogens is 1. The monoisotopic (exact) mass is 352 g/mol. The molecule has 0 amide bonds. The van der Waals surface area contributed by atoms with E-state index in [4.69, 9.17) is 0 Å². The molecule has 0 spiro atoms. The fourth-order valence-electron chi connectivity index (χ4n) is 2.90. The predicted octanol–water partition coefficient (Wildman–Crippen LogP) is 3.68. The van der Waals surface area contributed by atoms with Crippen molar-refractivity contribution in [2.45, 2.75) is 33.6 Å². The highest BCUT2D eigenvalue weighted by atomic mass is 16.1. The van der Waals surface area contributed by atoms with Crippen molar-refractivity contribution in [3.63, 3.8) is 0 Å². The van der Waals surface area contributed by atoms with E-state index in [2.05, 4.69) is 27.6 Å². The number of likely N-dealkylation sites (N-methyl/N-ethyl adjacent to an activating group) is 1. The quantitative estimate of drug-likeness (QED) is 0.445. The Balaban J connectivity index is 2.03. The van der Waals surface area contributed by atoms with Gasteiger partial charge in [-0.2, -0.15) is 5.10 Å². The number of likely N-dealkylation sites (tertiary alicyclic amines) is 1. The molecule has 138 valence electrons. The molecule has 1 aliphatic rings. The van der Waals surface area contributed by atoms with Gasteiger partial charge in [0.1, 0.15) is 5.78 Å². The van der Waals surface area contributed by atoms with Gasteiger partial charge in [-0.1, -0.05) is 12.7 Å². The van der Waals surface area contributed by atoms with E-state index in [-0.39, 0.29) is 0 Å². The summed E-state index contributed by atoms with van der Waals surface area (Å²) < 4.78 is 0. The summed E-state index contributed by atoms with van der Waals surface area (Å²) in [5.74, 6) is 0.348. The minimum Gasteiger partial charge on any atom is -0.371 e. The molecule has 0 aliphatic carbocycles. The summed E-state index contributed by atoms with van der Waals surface area (Å²) >= 11 is 0. The van der Waals surface area contributed by atoms with Crippen LogP contribution in [0.1, 0.15) is 37.9 Å². The lowest BCUT2D eigenvalue weighted by Crippen LogP contribution is -2.32. The van der Waals surface area contributed by atoms with Gasteiger partial charge in [0.15, 0.2) is 0 Å². The van der Waals surface area contributed by atoms with Gasteiger partial charge in [-0.3, -0.25) is 14.8 Å². The van der Waals surface area contributed by atoms with Crippen molar-refractivity contribution in [3.8, 4) is 0 Å². The van der Waals surface area contributed by atoms with Crippen LogP contribution in [-0.4, -0.2) is 46.5 Å². The number of nitrogens with zero attached hydrogens (tertiary/aromatic N) is 4. The van der Waals surface area contributed by atoms with Gasteiger partial charge in [-0.15, -0.1) is 0 Å². The van der Waals surface area contributed by atoms with E-state index in [0.717, 1.165) is 41.5 Å². The van der Waals surface area contributed by atoms with Crippen molar-refractivity contribution >= 4 is 11.5 Å². The van der Waals surface area contributed by atoms with Crippen molar-refractivity contribution in [2.75, 3.05) is 20.1 Å². The van der Waals surface area contributed by atoms with Crippen LogP contribution in [0.15, 0.2) is 59.6 Å². The van der Waals surface area contributed by atoms with Crippen molar-refractivity contribution in [2.24, 2.45) is 5.10 Å². The summed E-state index contributed by atoms with van der Waals surface area (Å²) in [6.45, 7) is 11.6. The Morgan fingerprint density at radius 3 is 2.65 bits per heavy atom. The van der Waals surface area contributed by atoms with Crippen molar-refractivity contribution in [1.82, 2.24) is 14.9 Å². The largest absolute Gasteiger partial charge is 0.371 e. The number of Topliss-reactive ketones (excluding diaryl/α,β-unsaturated/α-hetero) is 1. The Kier molecular flexibility index (Phi) is 6.89. The first-order chi connectivity index (χ1) is 12.4. The second-order valence-corrected chi connectivity index (χ2v) is 6.41. The molecule has 0 radical (unpaired) electrons. The standard InChI is InChI=1S/C21H28N4O/c1-6-19(25-14-11-20(26)12-15-25)10-9-16(2)24(5)23-18(4)21-8-7-13-22-17(21)3/h6-10,13H,2,11-12,14-15H2,1,3-5H3/b10-9-,19-6+,23-18+. The maximum atomic E-state index is 11.4. The number of aryl methyl sites for hydroxylation is 1. The third kappa shape index (κ3) is 5.15. The molecule has 0 saturated carbocycles. The fourth-order valence-corrected chi connectivity index (χ4v) is 2.90. The Labute approximate surface area is 156 Å². The topological polar surface area (TPSA) is 48.8 Å². The molecule has 0 unspecified atom stereocenters. The minimum absolute atomic E-state index is 0.348. The van der Waals surface area contributed by atoms with E-state index in [9.17, 15) is 4.79 Å². The summed E-state index contributed by atoms with van der Waals surface area (Å²) in [5, 5.41) is 6.38. The van der Waals surface area contributed by atoms with Gasteiger partial charge in [0, 0.05) is 56.1 Å². The number of allylic oxidation sites excluding steroid dienone is 3. The van der Waals surface area contributed by atoms with Gasteiger partial charge in [0.2, 0.25) is 0 Å². The summed E-state index contributed by atoms with van der Waals surface area (Å²) in [5.41, 5.74) is 4.78. The molecule has 1 aromatic rings. The molecular formula is C21H28N4O. The number of rotatable bonds is 6. The van der Waals surface area contributed by atoms with E-state index >= 15 is 0 Å². The van der Waals surface area contributed by atoms with Gasteiger partial charge in [0.25, 0.3) is 0 Å². The SMILES string of the molecule is C=C(/C=C\C(=C/C)N1CCC(=O)CC1)N(C)/N=C(\C)c1cccnc1C. The summed E-state index contributed by atoms with van der Waals surface area (Å²) in [7, 11) is 1.89. The van der Waals surface area contributed by atoms with Gasteiger partial charge in [0.05, 0.1) is 11.4 Å². The first-order valence-corrected chi connectivity index (χ1v) is 8.93. The zero-order valence-corrected chi connectivity index (χ0v) is 16.2. The van der Waals surface area contributed by atoms with E-state index < -0.39 is 0 Å².